The third-order valence-corrected chi connectivity index (χ3v) is 11.8. The van der Waals surface area contributed by atoms with E-state index in [1.807, 2.05) is 11.3 Å². The number of aromatic nitrogens is 3. The lowest BCUT2D eigenvalue weighted by molar-refractivity contribution is 1.08. The molecule has 0 N–H and O–H groups in total. The second-order valence-corrected chi connectivity index (χ2v) is 15.1. The second kappa shape index (κ2) is 12.8. The van der Waals surface area contributed by atoms with Gasteiger partial charge >= 0.3 is 0 Å². The molecule has 0 atom stereocenters. The molecule has 0 radical (unpaired) electrons. The molecule has 55 heavy (non-hydrogen) atoms. The highest BCUT2D eigenvalue weighted by Gasteiger charge is 2.19. The zero-order valence-electron chi connectivity index (χ0n) is 29.6. The molecule has 256 valence electrons. The number of fused-ring (bicyclic) bond motifs is 6. The first-order chi connectivity index (χ1) is 27.2. The minimum atomic E-state index is 0.647. The Hall–Kier alpha value is -7.01. The van der Waals surface area contributed by atoms with Gasteiger partial charge in [0, 0.05) is 36.9 Å². The van der Waals surface area contributed by atoms with E-state index in [2.05, 4.69) is 188 Å². The van der Waals surface area contributed by atoms with Gasteiger partial charge in [-0.05, 0) is 91.0 Å². The van der Waals surface area contributed by atoms with Gasteiger partial charge in [-0.3, -0.25) is 0 Å². The van der Waals surface area contributed by atoms with E-state index in [0.717, 1.165) is 38.2 Å². The van der Waals surface area contributed by atoms with Crippen LogP contribution in [0, 0.1) is 0 Å². The molecule has 0 saturated carbocycles. The van der Waals surface area contributed by atoms with E-state index in [1.165, 1.54) is 53.2 Å². The summed E-state index contributed by atoms with van der Waals surface area (Å²) in [5.74, 6) is 1.94. The summed E-state index contributed by atoms with van der Waals surface area (Å²) in [5.41, 5.74) is 7.70. The summed E-state index contributed by atoms with van der Waals surface area (Å²) in [4.78, 5) is 15.6. The number of nitrogens with zero attached hydrogens (tertiary/aromatic N) is 3. The van der Waals surface area contributed by atoms with E-state index < -0.39 is 0 Å². The fraction of sp³-hybridized carbons (Fsp3) is 0. The van der Waals surface area contributed by atoms with Gasteiger partial charge in [0.15, 0.2) is 17.5 Å². The quantitative estimate of drug-likeness (QED) is 0.178. The number of benzene rings is 9. The summed E-state index contributed by atoms with van der Waals surface area (Å²) in [6, 6.07) is 67.0. The molecule has 0 bridgehead atoms. The Balaban J connectivity index is 1.12. The van der Waals surface area contributed by atoms with Gasteiger partial charge in [0.2, 0.25) is 0 Å². The average molecular weight is 718 g/mol. The minimum Gasteiger partial charge on any atom is -0.208 e. The SMILES string of the molecule is c1ccc(-c2cc(-c3ccc(-c4nc(-c5ccc6ccccc6c5)nc(-c5ccc6ccccc6c5)n4)c4ccccc34)cc3sc4ccccc4c23)cc1. The minimum absolute atomic E-state index is 0.647. The summed E-state index contributed by atoms with van der Waals surface area (Å²) < 4.78 is 2.58. The number of rotatable bonds is 5. The van der Waals surface area contributed by atoms with E-state index in [9.17, 15) is 0 Å². The van der Waals surface area contributed by atoms with Crippen LogP contribution in [-0.2, 0) is 0 Å². The zero-order chi connectivity index (χ0) is 36.3. The van der Waals surface area contributed by atoms with E-state index in [0.29, 0.717) is 17.5 Å². The standard InChI is InChI=1S/C51H31N3S/c1-2-14-34(15-3-1)45-30-39(31-47-48(45)44-20-10-11-21-46(44)55-47)40-26-27-43(42-19-9-8-18-41(40)42)51-53-49(37-24-22-32-12-4-6-16-35(32)28-37)52-50(54-51)38-25-23-33-13-5-7-17-36(33)29-38/h1-31H. The molecule has 11 rings (SSSR count). The fourth-order valence-electron chi connectivity index (χ4n) is 8.01. The number of hydrogen-bond acceptors (Lipinski definition) is 4. The van der Waals surface area contributed by atoms with Crippen molar-refractivity contribution >= 4 is 63.8 Å². The summed E-state index contributed by atoms with van der Waals surface area (Å²) in [6.45, 7) is 0. The van der Waals surface area contributed by atoms with E-state index >= 15 is 0 Å². The lowest BCUT2D eigenvalue weighted by Gasteiger charge is -2.15. The molecular weight excluding hydrogens is 687 g/mol. The van der Waals surface area contributed by atoms with Crippen molar-refractivity contribution in [2.45, 2.75) is 0 Å². The Labute approximate surface area is 321 Å². The lowest BCUT2D eigenvalue weighted by Crippen LogP contribution is -2.01. The van der Waals surface area contributed by atoms with Crippen molar-refractivity contribution in [2.75, 3.05) is 0 Å². The van der Waals surface area contributed by atoms with Crippen LogP contribution in [0.2, 0.25) is 0 Å². The van der Waals surface area contributed by atoms with Crippen LogP contribution in [0.4, 0.5) is 0 Å². The molecule has 0 unspecified atom stereocenters. The Bertz CT molecular complexity index is 3180. The van der Waals surface area contributed by atoms with Gasteiger partial charge in [-0.1, -0.05) is 152 Å². The predicted octanol–water partition coefficient (Wildman–Crippen LogP) is 14.0. The molecule has 2 heterocycles. The highest BCUT2D eigenvalue weighted by molar-refractivity contribution is 7.26. The largest absolute Gasteiger partial charge is 0.208 e. The molecule has 0 aliphatic carbocycles. The van der Waals surface area contributed by atoms with Crippen molar-refractivity contribution in [2.24, 2.45) is 0 Å². The van der Waals surface area contributed by atoms with Gasteiger partial charge < -0.3 is 0 Å². The van der Waals surface area contributed by atoms with Gasteiger partial charge in [-0.15, -0.1) is 11.3 Å². The first-order valence-corrected chi connectivity index (χ1v) is 19.3. The third kappa shape index (κ3) is 5.46. The van der Waals surface area contributed by atoms with Gasteiger partial charge in [-0.25, -0.2) is 15.0 Å². The topological polar surface area (TPSA) is 38.7 Å². The predicted molar refractivity (Wildman–Crippen MR) is 232 cm³/mol. The third-order valence-electron chi connectivity index (χ3n) is 10.7. The molecule has 0 amide bonds. The van der Waals surface area contributed by atoms with Gasteiger partial charge in [-0.2, -0.15) is 0 Å². The first kappa shape index (κ1) is 31.5. The number of hydrogen-bond donors (Lipinski definition) is 0. The Kier molecular flexibility index (Phi) is 7.35. The van der Waals surface area contributed by atoms with Crippen LogP contribution < -0.4 is 0 Å². The van der Waals surface area contributed by atoms with Gasteiger partial charge in [0.05, 0.1) is 0 Å². The van der Waals surface area contributed by atoms with Crippen molar-refractivity contribution in [3.8, 4) is 56.4 Å². The highest BCUT2D eigenvalue weighted by Crippen LogP contribution is 2.44. The molecular formula is C51H31N3S. The summed E-state index contributed by atoms with van der Waals surface area (Å²) in [5, 5.41) is 9.51. The van der Waals surface area contributed by atoms with Crippen LogP contribution in [0.25, 0.3) is 109 Å². The Morgan fingerprint density at radius 1 is 0.291 bits per heavy atom. The van der Waals surface area contributed by atoms with Crippen molar-refractivity contribution in [3.63, 3.8) is 0 Å². The molecule has 0 aliphatic rings. The second-order valence-electron chi connectivity index (χ2n) is 14.0. The maximum atomic E-state index is 5.22. The van der Waals surface area contributed by atoms with E-state index in [4.69, 9.17) is 15.0 Å². The van der Waals surface area contributed by atoms with Crippen molar-refractivity contribution < 1.29 is 0 Å². The average Bonchev–Trinajstić information content (AvgIpc) is 3.64. The van der Waals surface area contributed by atoms with Crippen LogP contribution in [0.5, 0.6) is 0 Å². The monoisotopic (exact) mass is 717 g/mol. The molecule has 4 heteroatoms. The summed E-state index contributed by atoms with van der Waals surface area (Å²) in [7, 11) is 0. The zero-order valence-corrected chi connectivity index (χ0v) is 30.5. The van der Waals surface area contributed by atoms with Crippen molar-refractivity contribution in [1.29, 1.82) is 0 Å². The van der Waals surface area contributed by atoms with Crippen LogP contribution >= 0.6 is 11.3 Å². The Morgan fingerprint density at radius 2 is 0.818 bits per heavy atom. The smallest absolute Gasteiger partial charge is 0.164 e. The molecule has 0 aliphatic heterocycles. The van der Waals surface area contributed by atoms with Gasteiger partial charge in [0.25, 0.3) is 0 Å². The van der Waals surface area contributed by atoms with E-state index in [-0.39, 0.29) is 0 Å². The van der Waals surface area contributed by atoms with Crippen molar-refractivity contribution in [3.05, 3.63) is 188 Å². The maximum Gasteiger partial charge on any atom is 0.164 e. The summed E-state index contributed by atoms with van der Waals surface area (Å²) >= 11 is 1.86. The number of thiophene rings is 1. The molecule has 9 aromatic carbocycles. The molecule has 0 fully saturated rings. The normalized spacial score (nSPS) is 11.6. The molecule has 2 aromatic heterocycles. The van der Waals surface area contributed by atoms with Crippen molar-refractivity contribution in [1.82, 2.24) is 15.0 Å². The van der Waals surface area contributed by atoms with Crippen LogP contribution in [0.1, 0.15) is 0 Å². The summed E-state index contributed by atoms with van der Waals surface area (Å²) in [6.07, 6.45) is 0. The maximum absolute atomic E-state index is 5.22. The molecule has 3 nitrogen and oxygen atoms in total. The van der Waals surface area contributed by atoms with Crippen LogP contribution in [0.15, 0.2) is 188 Å². The fourth-order valence-corrected chi connectivity index (χ4v) is 9.18. The van der Waals surface area contributed by atoms with Crippen LogP contribution in [-0.4, -0.2) is 15.0 Å². The van der Waals surface area contributed by atoms with E-state index in [1.54, 1.807) is 0 Å². The Morgan fingerprint density at radius 3 is 1.49 bits per heavy atom. The molecule has 0 saturated heterocycles. The lowest BCUT2D eigenvalue weighted by atomic mass is 9.91. The molecule has 11 aromatic rings. The molecule has 0 spiro atoms. The first-order valence-electron chi connectivity index (χ1n) is 18.5. The highest BCUT2D eigenvalue weighted by atomic mass is 32.1. The van der Waals surface area contributed by atoms with Gasteiger partial charge in [0.1, 0.15) is 0 Å². The van der Waals surface area contributed by atoms with Crippen LogP contribution in [0.3, 0.4) is 0 Å².